The van der Waals surface area contributed by atoms with E-state index in [0.29, 0.717) is 11.4 Å². The molecule has 172 valence electrons. The van der Waals surface area contributed by atoms with Crippen molar-refractivity contribution in [1.82, 2.24) is 25.3 Å². The number of nitrogen functional groups attached to an aromatic ring is 1. The molecular weight excluding hydrogens is 434 g/mol. The fourth-order valence-corrected chi connectivity index (χ4v) is 2.97. The summed E-state index contributed by atoms with van der Waals surface area (Å²) in [7, 11) is 0. The van der Waals surface area contributed by atoms with Gasteiger partial charge in [-0.1, -0.05) is 0 Å². The van der Waals surface area contributed by atoms with Gasteiger partial charge in [0.05, 0.1) is 17.9 Å². The first-order valence-electron chi connectivity index (χ1n) is 9.78. The van der Waals surface area contributed by atoms with E-state index < -0.39 is 29.4 Å². The van der Waals surface area contributed by atoms with Gasteiger partial charge in [0.15, 0.2) is 11.2 Å². The molecule has 1 amide bonds. The topological polar surface area (TPSA) is 213 Å². The van der Waals surface area contributed by atoms with Crippen molar-refractivity contribution in [2.75, 3.05) is 11.1 Å². The smallest absolute Gasteiger partial charge is 0.326 e. The zero-order valence-corrected chi connectivity index (χ0v) is 17.4. The van der Waals surface area contributed by atoms with E-state index in [1.54, 1.807) is 19.1 Å². The highest BCUT2D eigenvalue weighted by Crippen LogP contribution is 2.19. The Bertz CT molecular complexity index is 1260. The van der Waals surface area contributed by atoms with Gasteiger partial charge >= 0.3 is 11.9 Å². The summed E-state index contributed by atoms with van der Waals surface area (Å²) < 4.78 is 0. The van der Waals surface area contributed by atoms with E-state index in [0.717, 1.165) is 0 Å². The van der Waals surface area contributed by atoms with Gasteiger partial charge in [0, 0.05) is 17.7 Å². The fourth-order valence-electron chi connectivity index (χ4n) is 2.97. The fraction of sp³-hybridized carbons (Fsp3) is 0.250. The Hall–Kier alpha value is -4.55. The van der Waals surface area contributed by atoms with Crippen molar-refractivity contribution in [3.8, 4) is 0 Å². The average molecular weight is 455 g/mol. The molecule has 2 atom stereocenters. The molecule has 0 unspecified atom stereocenters. The van der Waals surface area contributed by atoms with Crippen LogP contribution < -0.4 is 21.9 Å². The number of carbonyl (C=O) groups is 3. The van der Waals surface area contributed by atoms with Crippen LogP contribution in [0.3, 0.4) is 0 Å². The summed E-state index contributed by atoms with van der Waals surface area (Å²) >= 11 is 0. The van der Waals surface area contributed by atoms with Gasteiger partial charge in [-0.3, -0.25) is 19.4 Å². The highest BCUT2D eigenvalue weighted by Gasteiger charge is 2.21. The molecule has 0 saturated carbocycles. The molecule has 13 nitrogen and oxygen atoms in total. The summed E-state index contributed by atoms with van der Waals surface area (Å²) in [5.74, 6) is -3.16. The number of nitrogens with one attached hydrogen (secondary N) is 3. The first-order chi connectivity index (χ1) is 15.6. The van der Waals surface area contributed by atoms with Crippen molar-refractivity contribution >= 4 is 40.6 Å². The molecule has 2 heterocycles. The van der Waals surface area contributed by atoms with Gasteiger partial charge < -0.3 is 26.6 Å². The second kappa shape index (κ2) is 9.72. The number of nitrogens with two attached hydrogens (primary N) is 1. The molecule has 3 rings (SSSR count). The number of rotatable bonds is 9. The number of hydrogen-bond donors (Lipinski definition) is 6. The number of aliphatic carboxylic acids is 2. The number of nitrogens with zero attached hydrogens (tertiary/aromatic N) is 3. The number of hydrogen-bond acceptors (Lipinski definition) is 9. The number of H-pyrrole nitrogens is 1. The second-order valence-electron chi connectivity index (χ2n) is 7.16. The minimum Gasteiger partial charge on any atom is -0.481 e. The molecule has 0 saturated heterocycles. The van der Waals surface area contributed by atoms with Crippen LogP contribution in [0.25, 0.3) is 11.2 Å². The minimum atomic E-state index is -1.31. The van der Waals surface area contributed by atoms with E-state index in [1.165, 1.54) is 18.3 Å². The van der Waals surface area contributed by atoms with Crippen LogP contribution in [0, 0.1) is 0 Å². The maximum Gasteiger partial charge on any atom is 0.326 e. The standard InChI is InChI=1S/C20H21N7O6/c1-9(13-8-22-16-15(24-13)18(31)27-20(21)26-16)23-11-4-2-10(3-5-11)17(30)25-12(19(32)33)6-7-14(28)29/h2-5,8-9,12,23H,6-7H2,1H3,(H,25,30)(H,28,29)(H,32,33)(H3,21,22,26,27,31)/t9-,12+/m1/s1. The van der Waals surface area contributed by atoms with Crippen molar-refractivity contribution in [3.63, 3.8) is 0 Å². The SMILES string of the molecule is C[C@@H](Nc1ccc(C(=O)N[C@@H](CCC(=O)O)C(=O)O)cc1)c1cnc2nc(N)[nH]c(=O)c2n1. The van der Waals surface area contributed by atoms with Crippen LogP contribution in [0.2, 0.25) is 0 Å². The van der Waals surface area contributed by atoms with Crippen LogP contribution in [-0.2, 0) is 9.59 Å². The highest BCUT2D eigenvalue weighted by molar-refractivity contribution is 5.97. The lowest BCUT2D eigenvalue weighted by Crippen LogP contribution is -2.41. The molecule has 33 heavy (non-hydrogen) atoms. The number of fused-ring (bicyclic) bond motifs is 1. The summed E-state index contributed by atoms with van der Waals surface area (Å²) in [4.78, 5) is 61.0. The van der Waals surface area contributed by atoms with Crippen LogP contribution in [0.4, 0.5) is 11.6 Å². The number of anilines is 2. The molecule has 0 aliphatic carbocycles. The highest BCUT2D eigenvalue weighted by atomic mass is 16.4. The zero-order valence-electron chi connectivity index (χ0n) is 17.4. The van der Waals surface area contributed by atoms with E-state index in [4.69, 9.17) is 15.9 Å². The number of aromatic nitrogens is 4. The molecule has 0 fully saturated rings. The number of aromatic amines is 1. The van der Waals surface area contributed by atoms with Crippen molar-refractivity contribution in [2.45, 2.75) is 31.8 Å². The van der Waals surface area contributed by atoms with Gasteiger partial charge in [-0.2, -0.15) is 4.98 Å². The van der Waals surface area contributed by atoms with Gasteiger partial charge in [-0.15, -0.1) is 0 Å². The summed E-state index contributed by atoms with van der Waals surface area (Å²) in [6.45, 7) is 1.80. The van der Waals surface area contributed by atoms with E-state index in [-0.39, 0.29) is 41.6 Å². The third-order valence-electron chi connectivity index (χ3n) is 4.68. The summed E-state index contributed by atoms with van der Waals surface area (Å²) in [6.07, 6.45) is 0.854. The number of carbonyl (C=O) groups excluding carboxylic acids is 1. The Morgan fingerprint density at radius 2 is 1.85 bits per heavy atom. The van der Waals surface area contributed by atoms with Crippen molar-refractivity contribution in [3.05, 3.63) is 52.1 Å². The van der Waals surface area contributed by atoms with Crippen molar-refractivity contribution in [1.29, 1.82) is 0 Å². The lowest BCUT2D eigenvalue weighted by atomic mass is 10.1. The lowest BCUT2D eigenvalue weighted by molar-refractivity contribution is -0.140. The lowest BCUT2D eigenvalue weighted by Gasteiger charge is -2.16. The van der Waals surface area contributed by atoms with Crippen LogP contribution in [0.1, 0.15) is 41.9 Å². The van der Waals surface area contributed by atoms with E-state index in [2.05, 4.69) is 30.6 Å². The normalized spacial score (nSPS) is 12.6. The van der Waals surface area contributed by atoms with Crippen LogP contribution in [0.5, 0.6) is 0 Å². The molecule has 0 spiro atoms. The molecule has 2 aromatic heterocycles. The first kappa shape index (κ1) is 23.1. The van der Waals surface area contributed by atoms with Gasteiger partial charge in [0.1, 0.15) is 6.04 Å². The summed E-state index contributed by atoms with van der Waals surface area (Å²) in [5, 5.41) is 23.4. The molecule has 0 radical (unpaired) electrons. The molecule has 0 bridgehead atoms. The molecule has 3 aromatic rings. The van der Waals surface area contributed by atoms with E-state index in [9.17, 15) is 19.2 Å². The Morgan fingerprint density at radius 3 is 2.48 bits per heavy atom. The third-order valence-corrected chi connectivity index (χ3v) is 4.68. The number of benzene rings is 1. The minimum absolute atomic E-state index is 0.0539. The number of carboxylic acid groups (broad SMARTS) is 2. The Morgan fingerprint density at radius 1 is 1.15 bits per heavy atom. The zero-order chi connectivity index (χ0) is 24.1. The average Bonchev–Trinajstić information content (AvgIpc) is 2.76. The van der Waals surface area contributed by atoms with Crippen LogP contribution in [-0.4, -0.2) is 54.0 Å². The molecule has 13 heteroatoms. The molecular formula is C20H21N7O6. The predicted molar refractivity (Wildman–Crippen MR) is 117 cm³/mol. The van der Waals surface area contributed by atoms with Crippen molar-refractivity contribution < 1.29 is 24.6 Å². The molecule has 0 aliphatic heterocycles. The first-order valence-corrected chi connectivity index (χ1v) is 9.78. The summed E-state index contributed by atoms with van der Waals surface area (Å²) in [6, 6.07) is 4.54. The van der Waals surface area contributed by atoms with Crippen LogP contribution >= 0.6 is 0 Å². The summed E-state index contributed by atoms with van der Waals surface area (Å²) in [5.41, 5.74) is 6.49. The molecule has 7 N–H and O–H groups in total. The monoisotopic (exact) mass is 455 g/mol. The van der Waals surface area contributed by atoms with E-state index in [1.807, 2.05) is 0 Å². The molecule has 0 aliphatic rings. The van der Waals surface area contributed by atoms with Gasteiger partial charge in [0.2, 0.25) is 5.95 Å². The number of carboxylic acids is 2. The Kier molecular flexibility index (Phi) is 6.81. The third kappa shape index (κ3) is 5.78. The maximum atomic E-state index is 12.3. The Labute approximate surface area is 186 Å². The maximum absolute atomic E-state index is 12.3. The number of amides is 1. The second-order valence-corrected chi connectivity index (χ2v) is 7.16. The predicted octanol–water partition coefficient (Wildman–Crippen LogP) is 0.516. The van der Waals surface area contributed by atoms with E-state index >= 15 is 0 Å². The molecule has 1 aromatic carbocycles. The van der Waals surface area contributed by atoms with Crippen LogP contribution in [0.15, 0.2) is 35.3 Å². The van der Waals surface area contributed by atoms with Gasteiger partial charge in [-0.25, -0.2) is 14.8 Å². The largest absolute Gasteiger partial charge is 0.481 e. The van der Waals surface area contributed by atoms with Crippen molar-refractivity contribution in [2.24, 2.45) is 0 Å². The van der Waals surface area contributed by atoms with Gasteiger partial charge in [0.25, 0.3) is 11.5 Å². The Balaban J connectivity index is 1.68. The van der Waals surface area contributed by atoms with Gasteiger partial charge in [-0.05, 0) is 37.6 Å². The quantitative estimate of drug-likeness (QED) is 0.261.